The molecule has 12 heteroatoms. The van der Waals surface area contributed by atoms with E-state index in [9.17, 15) is 4.79 Å². The van der Waals surface area contributed by atoms with Crippen LogP contribution in [0.4, 0.5) is 5.82 Å². The van der Waals surface area contributed by atoms with E-state index in [2.05, 4.69) is 25.7 Å². The summed E-state index contributed by atoms with van der Waals surface area (Å²) in [6.45, 7) is 3.61. The highest BCUT2D eigenvalue weighted by Crippen LogP contribution is 2.44. The SMILES string of the molecule is CNC(=O)[C@H]1O[C@@H](n2cnc3c(NOC)nc(I)nc32)[C@@H]2OC(C)(C)O[C@@H]21. The van der Waals surface area contributed by atoms with Crippen molar-refractivity contribution in [2.45, 2.75) is 44.2 Å². The smallest absolute Gasteiger partial charge is 0.251 e. The predicted octanol–water partition coefficient (Wildman–Crippen LogP) is 0.568. The summed E-state index contributed by atoms with van der Waals surface area (Å²) in [6, 6.07) is 0. The highest BCUT2D eigenvalue weighted by atomic mass is 127. The van der Waals surface area contributed by atoms with Gasteiger partial charge in [-0.25, -0.2) is 20.4 Å². The Morgan fingerprint density at radius 2 is 2.07 bits per heavy atom. The van der Waals surface area contributed by atoms with Crippen LogP contribution in [0.15, 0.2) is 6.33 Å². The fourth-order valence-corrected chi connectivity index (χ4v) is 3.87. The van der Waals surface area contributed by atoms with Gasteiger partial charge in [0, 0.05) is 29.6 Å². The van der Waals surface area contributed by atoms with Crippen LogP contribution in [0.25, 0.3) is 11.2 Å². The van der Waals surface area contributed by atoms with E-state index in [0.717, 1.165) is 0 Å². The summed E-state index contributed by atoms with van der Waals surface area (Å²) in [5, 5.41) is 2.61. The molecule has 0 aromatic carbocycles. The molecule has 4 atom stereocenters. The molecule has 4 heterocycles. The van der Waals surface area contributed by atoms with Gasteiger partial charge in [-0.1, -0.05) is 0 Å². The average Bonchev–Trinajstić information content (AvgIpc) is 3.25. The van der Waals surface area contributed by atoms with Gasteiger partial charge < -0.3 is 19.5 Å². The number of ether oxygens (including phenoxy) is 3. The van der Waals surface area contributed by atoms with Gasteiger partial charge in [0.25, 0.3) is 5.91 Å². The summed E-state index contributed by atoms with van der Waals surface area (Å²) >= 11 is 2.01. The van der Waals surface area contributed by atoms with Gasteiger partial charge >= 0.3 is 0 Å². The maximum Gasteiger partial charge on any atom is 0.251 e. The highest BCUT2D eigenvalue weighted by Gasteiger charge is 2.58. The van der Waals surface area contributed by atoms with Gasteiger partial charge in [-0.3, -0.25) is 14.2 Å². The number of imidazole rings is 1. The lowest BCUT2D eigenvalue weighted by Gasteiger charge is -2.24. The molecule has 0 bridgehead atoms. The fourth-order valence-electron chi connectivity index (χ4n) is 3.40. The molecule has 11 nitrogen and oxygen atoms in total. The number of nitrogens with zero attached hydrogens (tertiary/aromatic N) is 4. The van der Waals surface area contributed by atoms with Gasteiger partial charge in [0.15, 0.2) is 38.9 Å². The van der Waals surface area contributed by atoms with Crippen LogP contribution < -0.4 is 10.8 Å². The van der Waals surface area contributed by atoms with Crippen molar-refractivity contribution in [2.75, 3.05) is 19.6 Å². The quantitative estimate of drug-likeness (QED) is 0.360. The number of hydrogen-bond acceptors (Lipinski definition) is 9. The van der Waals surface area contributed by atoms with E-state index >= 15 is 0 Å². The zero-order valence-electron chi connectivity index (χ0n) is 15.1. The number of amides is 1. The first-order chi connectivity index (χ1) is 12.8. The number of fused-ring (bicyclic) bond motifs is 2. The largest absolute Gasteiger partial charge is 0.357 e. The van der Waals surface area contributed by atoms with Crippen LogP contribution in [0.1, 0.15) is 20.1 Å². The van der Waals surface area contributed by atoms with Crippen LogP contribution in [0.2, 0.25) is 0 Å². The van der Waals surface area contributed by atoms with Crippen molar-refractivity contribution in [3.8, 4) is 0 Å². The first kappa shape index (κ1) is 18.7. The second kappa shape index (κ2) is 6.77. The van der Waals surface area contributed by atoms with Gasteiger partial charge in [0.1, 0.15) is 12.2 Å². The number of hydrogen-bond donors (Lipinski definition) is 2. The second-order valence-corrected chi connectivity index (χ2v) is 7.56. The van der Waals surface area contributed by atoms with Crippen molar-refractivity contribution in [1.29, 1.82) is 0 Å². The van der Waals surface area contributed by atoms with Crippen molar-refractivity contribution in [2.24, 2.45) is 0 Å². The second-order valence-electron chi connectivity index (χ2n) is 6.60. The van der Waals surface area contributed by atoms with E-state index < -0.39 is 30.3 Å². The minimum atomic E-state index is -0.827. The first-order valence-corrected chi connectivity index (χ1v) is 9.34. The summed E-state index contributed by atoms with van der Waals surface area (Å²) in [7, 11) is 3.04. The fraction of sp³-hybridized carbons (Fsp3) is 0.600. The number of carbonyl (C=O) groups excluding carboxylic acids is 1. The van der Waals surface area contributed by atoms with E-state index in [1.54, 1.807) is 31.8 Å². The number of nitrogens with one attached hydrogen (secondary N) is 2. The van der Waals surface area contributed by atoms with E-state index in [0.29, 0.717) is 20.8 Å². The molecule has 146 valence electrons. The number of likely N-dealkylation sites (N-methyl/N-ethyl adjacent to an activating group) is 1. The summed E-state index contributed by atoms with van der Waals surface area (Å²) < 4.78 is 20.2. The summed E-state index contributed by atoms with van der Waals surface area (Å²) in [4.78, 5) is 30.4. The number of anilines is 1. The van der Waals surface area contributed by atoms with E-state index in [4.69, 9.17) is 19.0 Å². The number of halogens is 1. The molecule has 4 rings (SSSR count). The van der Waals surface area contributed by atoms with Crippen molar-refractivity contribution in [1.82, 2.24) is 24.8 Å². The zero-order valence-corrected chi connectivity index (χ0v) is 17.3. The van der Waals surface area contributed by atoms with E-state index in [-0.39, 0.29) is 5.91 Å². The standard InChI is InChI=1S/C15H19IN6O5/c1-15(2)26-7-8(12(23)17-3)25-13(9(7)27-15)22-5-18-6-10(21-24-4)19-14(16)20-11(6)22/h5,7-9,13H,1-4H3,(H,17,23)(H,19,20,21)/t7-,8+,9-,13-/m1/s1. The van der Waals surface area contributed by atoms with Crippen molar-refractivity contribution < 1.29 is 23.8 Å². The molecule has 2 aliphatic rings. The van der Waals surface area contributed by atoms with Crippen LogP contribution in [0.3, 0.4) is 0 Å². The van der Waals surface area contributed by atoms with E-state index in [1.807, 2.05) is 22.6 Å². The summed E-state index contributed by atoms with van der Waals surface area (Å²) in [6.07, 6.45) is -0.892. The third-order valence-corrected chi connectivity index (χ3v) is 4.88. The van der Waals surface area contributed by atoms with Crippen LogP contribution in [0, 0.1) is 3.83 Å². The maximum atomic E-state index is 12.3. The molecule has 0 saturated carbocycles. The Bertz CT molecular complexity index is 889. The van der Waals surface area contributed by atoms with Gasteiger partial charge in [-0.2, -0.15) is 0 Å². The number of rotatable bonds is 4. The lowest BCUT2D eigenvalue weighted by Crippen LogP contribution is -2.41. The molecule has 2 aromatic rings. The molecule has 0 aliphatic carbocycles. The minimum Gasteiger partial charge on any atom is -0.357 e. The molecule has 2 saturated heterocycles. The number of carbonyl (C=O) groups is 1. The van der Waals surface area contributed by atoms with Gasteiger partial charge in [-0.15, -0.1) is 0 Å². The zero-order chi connectivity index (χ0) is 19.3. The molecule has 2 N–H and O–H groups in total. The molecule has 1 amide bonds. The lowest BCUT2D eigenvalue weighted by atomic mass is 10.1. The Morgan fingerprint density at radius 1 is 1.33 bits per heavy atom. The first-order valence-electron chi connectivity index (χ1n) is 8.26. The summed E-state index contributed by atoms with van der Waals surface area (Å²) in [5.41, 5.74) is 3.74. The monoisotopic (exact) mass is 490 g/mol. The van der Waals surface area contributed by atoms with Crippen molar-refractivity contribution in [3.05, 3.63) is 10.2 Å². The Hall–Kier alpha value is -1.61. The van der Waals surface area contributed by atoms with Crippen molar-refractivity contribution in [3.63, 3.8) is 0 Å². The Labute approximate surface area is 168 Å². The van der Waals surface area contributed by atoms with Gasteiger partial charge in [0.2, 0.25) is 0 Å². The van der Waals surface area contributed by atoms with Crippen molar-refractivity contribution >= 4 is 45.5 Å². The topological polar surface area (TPSA) is 122 Å². The average molecular weight is 490 g/mol. The highest BCUT2D eigenvalue weighted by molar-refractivity contribution is 14.1. The van der Waals surface area contributed by atoms with Crippen LogP contribution in [-0.4, -0.2) is 63.7 Å². The van der Waals surface area contributed by atoms with Gasteiger partial charge in [0.05, 0.1) is 13.4 Å². The summed E-state index contributed by atoms with van der Waals surface area (Å²) in [5.74, 6) is -0.664. The van der Waals surface area contributed by atoms with Crippen LogP contribution >= 0.6 is 22.6 Å². The molecule has 0 radical (unpaired) electrons. The molecule has 2 aromatic heterocycles. The normalized spacial score (nSPS) is 29.1. The molecular weight excluding hydrogens is 471 g/mol. The van der Waals surface area contributed by atoms with Crippen LogP contribution in [-0.2, 0) is 23.8 Å². The third-order valence-electron chi connectivity index (χ3n) is 4.40. The minimum absolute atomic E-state index is 0.274. The van der Waals surface area contributed by atoms with E-state index in [1.165, 1.54) is 7.11 Å². The Kier molecular flexibility index (Phi) is 4.70. The third kappa shape index (κ3) is 3.14. The molecule has 0 unspecified atom stereocenters. The molecule has 27 heavy (non-hydrogen) atoms. The Balaban J connectivity index is 1.77. The number of aromatic nitrogens is 4. The van der Waals surface area contributed by atoms with Crippen LogP contribution in [0.5, 0.6) is 0 Å². The molecule has 0 spiro atoms. The maximum absolute atomic E-state index is 12.3. The lowest BCUT2D eigenvalue weighted by molar-refractivity contribution is -0.197. The molecule has 2 fully saturated rings. The molecular formula is C15H19IN6O5. The molecule has 2 aliphatic heterocycles. The van der Waals surface area contributed by atoms with Gasteiger partial charge in [-0.05, 0) is 13.8 Å². The Morgan fingerprint density at radius 3 is 2.78 bits per heavy atom. The predicted molar refractivity (Wildman–Crippen MR) is 100 cm³/mol.